The Morgan fingerprint density at radius 3 is 2.48 bits per heavy atom. The molecular weight excluding hydrogens is 398 g/mol. The van der Waals surface area contributed by atoms with E-state index in [4.69, 9.17) is 11.6 Å². The topological polar surface area (TPSA) is 47.8 Å². The van der Waals surface area contributed by atoms with E-state index >= 15 is 0 Å². The number of hydrogen-bond donors (Lipinski definition) is 0. The highest BCUT2D eigenvalue weighted by atomic mass is 35.5. The molecule has 0 aliphatic rings. The van der Waals surface area contributed by atoms with Gasteiger partial charge in [-0.3, -0.25) is 9.36 Å². The van der Waals surface area contributed by atoms with Gasteiger partial charge in [0.25, 0.3) is 0 Å². The minimum atomic E-state index is 0.0851. The largest absolute Gasteiger partial charge is 0.292 e. The Morgan fingerprint density at radius 1 is 1.00 bits per heavy atom. The number of carbonyl (C=O) groups is 1. The van der Waals surface area contributed by atoms with E-state index in [9.17, 15) is 4.79 Å². The first-order chi connectivity index (χ1) is 13.2. The Balaban J connectivity index is 1.70. The highest BCUT2D eigenvalue weighted by Gasteiger charge is 2.18. The molecule has 0 bridgehead atoms. The van der Waals surface area contributed by atoms with Crippen LogP contribution < -0.4 is 0 Å². The highest BCUT2D eigenvalue weighted by Crippen LogP contribution is 2.29. The molecule has 4 rings (SSSR count). The lowest BCUT2D eigenvalue weighted by Crippen LogP contribution is -2.03. The van der Waals surface area contributed by atoms with E-state index < -0.39 is 0 Å². The fourth-order valence-electron chi connectivity index (χ4n) is 2.60. The smallest absolute Gasteiger partial charge is 0.196 e. The van der Waals surface area contributed by atoms with E-state index in [1.807, 2.05) is 76.7 Å². The molecule has 2 heterocycles. The standard InChI is InChI=1S/C20H14ClN3OS2/c21-15-8-10-16(11-9-15)24-19(14-5-2-1-3-6-14)22-23-20(24)27-13-17(25)18-7-4-12-26-18/h1-12H,13H2. The number of Topliss-reactive ketones (excluding diaryl/α,β-unsaturated/α-hetero) is 1. The van der Waals surface area contributed by atoms with E-state index in [-0.39, 0.29) is 5.78 Å². The van der Waals surface area contributed by atoms with Gasteiger partial charge in [-0.25, -0.2) is 0 Å². The Morgan fingerprint density at radius 2 is 1.78 bits per heavy atom. The summed E-state index contributed by atoms with van der Waals surface area (Å²) in [5.74, 6) is 1.12. The third-order valence-electron chi connectivity index (χ3n) is 3.88. The van der Waals surface area contributed by atoms with E-state index in [2.05, 4.69) is 10.2 Å². The van der Waals surface area contributed by atoms with E-state index in [0.29, 0.717) is 15.9 Å². The molecule has 134 valence electrons. The van der Waals surface area contributed by atoms with Crippen LogP contribution in [0.5, 0.6) is 0 Å². The summed E-state index contributed by atoms with van der Waals surface area (Å²) < 4.78 is 1.96. The van der Waals surface area contributed by atoms with Gasteiger partial charge in [0.15, 0.2) is 16.8 Å². The molecule has 0 amide bonds. The van der Waals surface area contributed by atoms with Crippen molar-refractivity contribution in [1.29, 1.82) is 0 Å². The summed E-state index contributed by atoms with van der Waals surface area (Å²) in [6, 6.07) is 21.1. The number of carbonyl (C=O) groups excluding carboxylic acids is 1. The average molecular weight is 412 g/mol. The van der Waals surface area contributed by atoms with Crippen molar-refractivity contribution in [3.8, 4) is 17.1 Å². The molecule has 0 radical (unpaired) electrons. The summed E-state index contributed by atoms with van der Waals surface area (Å²) in [7, 11) is 0. The molecule has 2 aromatic carbocycles. The van der Waals surface area contributed by atoms with Crippen LogP contribution in [-0.2, 0) is 0 Å². The van der Waals surface area contributed by atoms with Crippen molar-refractivity contribution in [3.05, 3.63) is 82.0 Å². The lowest BCUT2D eigenvalue weighted by molar-refractivity contribution is 0.102. The molecule has 0 aliphatic carbocycles. The molecule has 4 aromatic rings. The zero-order valence-electron chi connectivity index (χ0n) is 14.1. The summed E-state index contributed by atoms with van der Waals surface area (Å²) >= 11 is 8.87. The quantitative estimate of drug-likeness (QED) is 0.305. The van der Waals surface area contributed by atoms with Gasteiger partial charge in [-0.05, 0) is 35.7 Å². The third kappa shape index (κ3) is 3.98. The number of benzene rings is 2. The predicted molar refractivity (Wildman–Crippen MR) is 111 cm³/mol. The van der Waals surface area contributed by atoms with Gasteiger partial charge in [0.2, 0.25) is 0 Å². The molecule has 0 N–H and O–H groups in total. The van der Waals surface area contributed by atoms with Gasteiger partial charge >= 0.3 is 0 Å². The second kappa shape index (κ2) is 8.08. The molecule has 0 atom stereocenters. The maximum atomic E-state index is 12.4. The lowest BCUT2D eigenvalue weighted by atomic mass is 10.2. The number of nitrogens with zero attached hydrogens (tertiary/aromatic N) is 3. The number of thioether (sulfide) groups is 1. The number of rotatable bonds is 6. The first-order valence-electron chi connectivity index (χ1n) is 8.18. The zero-order chi connectivity index (χ0) is 18.6. The van der Waals surface area contributed by atoms with Gasteiger partial charge in [-0.2, -0.15) is 0 Å². The molecule has 0 spiro atoms. The Labute approximate surface area is 169 Å². The molecule has 0 aliphatic heterocycles. The zero-order valence-corrected chi connectivity index (χ0v) is 16.5. The molecule has 2 aromatic heterocycles. The van der Waals surface area contributed by atoms with Crippen molar-refractivity contribution < 1.29 is 4.79 Å². The van der Waals surface area contributed by atoms with Crippen LogP contribution in [0.2, 0.25) is 5.02 Å². The Hall–Kier alpha value is -2.41. The minimum Gasteiger partial charge on any atom is -0.292 e. The van der Waals surface area contributed by atoms with Gasteiger partial charge in [-0.1, -0.05) is 59.8 Å². The molecule has 7 heteroatoms. The molecule has 0 unspecified atom stereocenters. The number of aromatic nitrogens is 3. The maximum absolute atomic E-state index is 12.4. The third-order valence-corrected chi connectivity index (χ3v) is 5.97. The van der Waals surface area contributed by atoms with Crippen molar-refractivity contribution in [1.82, 2.24) is 14.8 Å². The van der Waals surface area contributed by atoms with Crippen LogP contribution in [0, 0.1) is 0 Å². The van der Waals surface area contributed by atoms with Crippen molar-refractivity contribution in [2.45, 2.75) is 5.16 Å². The van der Waals surface area contributed by atoms with Gasteiger partial charge in [0.05, 0.1) is 10.6 Å². The van der Waals surface area contributed by atoms with Gasteiger partial charge in [-0.15, -0.1) is 21.5 Å². The fraction of sp³-hybridized carbons (Fsp3) is 0.0500. The summed E-state index contributed by atoms with van der Waals surface area (Å²) in [6.07, 6.45) is 0. The SMILES string of the molecule is O=C(CSc1nnc(-c2ccccc2)n1-c1ccc(Cl)cc1)c1cccs1. The van der Waals surface area contributed by atoms with Gasteiger partial charge in [0, 0.05) is 16.3 Å². The molecule has 4 nitrogen and oxygen atoms in total. The molecule has 27 heavy (non-hydrogen) atoms. The van der Waals surface area contributed by atoms with Crippen LogP contribution in [-0.4, -0.2) is 26.3 Å². The average Bonchev–Trinajstić information content (AvgIpc) is 3.38. The molecule has 0 saturated heterocycles. The van der Waals surface area contributed by atoms with Crippen molar-refractivity contribution in [2.75, 3.05) is 5.75 Å². The van der Waals surface area contributed by atoms with Gasteiger partial charge < -0.3 is 0 Å². The summed E-state index contributed by atoms with van der Waals surface area (Å²) in [5, 5.41) is 11.9. The number of thiophene rings is 1. The Bertz CT molecular complexity index is 1040. The maximum Gasteiger partial charge on any atom is 0.196 e. The van der Waals surface area contributed by atoms with E-state index in [0.717, 1.165) is 22.0 Å². The van der Waals surface area contributed by atoms with Crippen molar-refractivity contribution in [3.63, 3.8) is 0 Å². The number of halogens is 1. The molecular formula is C20H14ClN3OS2. The van der Waals surface area contributed by atoms with E-state index in [1.165, 1.54) is 23.1 Å². The van der Waals surface area contributed by atoms with Crippen LogP contribution in [0.3, 0.4) is 0 Å². The number of hydrogen-bond acceptors (Lipinski definition) is 5. The predicted octanol–water partition coefficient (Wildman–Crippen LogP) is 5.62. The summed E-state index contributed by atoms with van der Waals surface area (Å²) in [6.45, 7) is 0. The normalized spacial score (nSPS) is 10.9. The minimum absolute atomic E-state index is 0.0851. The van der Waals surface area contributed by atoms with E-state index in [1.54, 1.807) is 0 Å². The van der Waals surface area contributed by atoms with Crippen molar-refractivity contribution in [2.24, 2.45) is 0 Å². The summed E-state index contributed by atoms with van der Waals surface area (Å²) in [5.41, 5.74) is 1.85. The van der Waals surface area contributed by atoms with Gasteiger partial charge in [0.1, 0.15) is 0 Å². The van der Waals surface area contributed by atoms with Crippen LogP contribution in [0.1, 0.15) is 9.67 Å². The fourth-order valence-corrected chi connectivity index (χ4v) is 4.32. The first kappa shape index (κ1) is 18.0. The van der Waals surface area contributed by atoms with Crippen LogP contribution in [0.15, 0.2) is 77.3 Å². The second-order valence-electron chi connectivity index (χ2n) is 5.67. The lowest BCUT2D eigenvalue weighted by Gasteiger charge is -2.10. The Kier molecular flexibility index (Phi) is 5.38. The van der Waals surface area contributed by atoms with Crippen LogP contribution in [0.25, 0.3) is 17.1 Å². The first-order valence-corrected chi connectivity index (χ1v) is 10.4. The molecule has 0 saturated carbocycles. The highest BCUT2D eigenvalue weighted by molar-refractivity contribution is 7.99. The summed E-state index contributed by atoms with van der Waals surface area (Å²) in [4.78, 5) is 13.1. The second-order valence-corrected chi connectivity index (χ2v) is 8.00. The monoisotopic (exact) mass is 411 g/mol. The van der Waals surface area contributed by atoms with Crippen molar-refractivity contribution >= 4 is 40.5 Å². The molecule has 0 fully saturated rings. The van der Waals surface area contributed by atoms with Crippen LogP contribution >= 0.6 is 34.7 Å². The number of ketones is 1. The van der Waals surface area contributed by atoms with Crippen LogP contribution in [0.4, 0.5) is 0 Å².